The van der Waals surface area contributed by atoms with Crippen LogP contribution in [0, 0.1) is 0 Å². The zero-order valence-corrected chi connectivity index (χ0v) is 10.7. The predicted octanol–water partition coefficient (Wildman–Crippen LogP) is 3.60. The number of hydrogen-bond donors (Lipinski definition) is 1. The highest BCUT2D eigenvalue weighted by Gasteiger charge is 2.03. The molecule has 1 aromatic rings. The molecule has 0 saturated carbocycles. The third kappa shape index (κ3) is 5.38. The van der Waals surface area contributed by atoms with Crippen molar-refractivity contribution in [3.63, 3.8) is 0 Å². The van der Waals surface area contributed by atoms with Crippen LogP contribution >= 0.6 is 0 Å². The molecule has 17 heavy (non-hydrogen) atoms. The molecule has 0 atom stereocenters. The lowest BCUT2D eigenvalue weighted by atomic mass is 10.2. The van der Waals surface area contributed by atoms with Crippen molar-refractivity contribution in [2.24, 2.45) is 0 Å². The monoisotopic (exact) mass is 235 g/mol. The SMILES string of the molecule is CCCCCCOc1ccccc1NC(C)=O. The molecule has 0 aliphatic heterocycles. The summed E-state index contributed by atoms with van der Waals surface area (Å²) >= 11 is 0. The molecule has 0 heterocycles. The van der Waals surface area contributed by atoms with Crippen LogP contribution in [0.4, 0.5) is 5.69 Å². The third-order valence-corrected chi connectivity index (χ3v) is 2.45. The molecule has 3 heteroatoms. The molecule has 1 aromatic carbocycles. The molecule has 0 aliphatic rings. The van der Waals surface area contributed by atoms with E-state index in [1.807, 2.05) is 24.3 Å². The van der Waals surface area contributed by atoms with Crippen molar-refractivity contribution < 1.29 is 9.53 Å². The number of ether oxygens (including phenoxy) is 1. The summed E-state index contributed by atoms with van der Waals surface area (Å²) in [6.45, 7) is 4.39. The Morgan fingerprint density at radius 1 is 1.24 bits per heavy atom. The minimum atomic E-state index is -0.0768. The maximum atomic E-state index is 11.0. The van der Waals surface area contributed by atoms with Gasteiger partial charge in [-0.1, -0.05) is 38.3 Å². The molecule has 0 aromatic heterocycles. The molecule has 0 bridgehead atoms. The van der Waals surface area contributed by atoms with Crippen LogP contribution in [0.1, 0.15) is 39.5 Å². The summed E-state index contributed by atoms with van der Waals surface area (Å²) in [4.78, 5) is 11.0. The Hall–Kier alpha value is -1.51. The van der Waals surface area contributed by atoms with E-state index < -0.39 is 0 Å². The van der Waals surface area contributed by atoms with Gasteiger partial charge in [-0.15, -0.1) is 0 Å². The zero-order valence-electron chi connectivity index (χ0n) is 10.7. The molecule has 0 fully saturated rings. The number of anilines is 1. The van der Waals surface area contributed by atoms with Gasteiger partial charge in [0.2, 0.25) is 5.91 Å². The lowest BCUT2D eigenvalue weighted by Gasteiger charge is -2.11. The highest BCUT2D eigenvalue weighted by molar-refractivity contribution is 5.90. The van der Waals surface area contributed by atoms with Crippen LogP contribution in [-0.4, -0.2) is 12.5 Å². The van der Waals surface area contributed by atoms with Crippen LogP contribution in [-0.2, 0) is 4.79 Å². The molecule has 3 nitrogen and oxygen atoms in total. The van der Waals surface area contributed by atoms with Crippen molar-refractivity contribution in [3.8, 4) is 5.75 Å². The van der Waals surface area contributed by atoms with Gasteiger partial charge in [-0.2, -0.15) is 0 Å². The van der Waals surface area contributed by atoms with Gasteiger partial charge in [-0.25, -0.2) is 0 Å². The fourth-order valence-corrected chi connectivity index (χ4v) is 1.60. The molecule has 1 N–H and O–H groups in total. The first-order valence-corrected chi connectivity index (χ1v) is 6.23. The fraction of sp³-hybridized carbons (Fsp3) is 0.500. The predicted molar refractivity (Wildman–Crippen MR) is 70.4 cm³/mol. The lowest BCUT2D eigenvalue weighted by molar-refractivity contribution is -0.114. The van der Waals surface area contributed by atoms with Crippen LogP contribution in [0.25, 0.3) is 0 Å². The van der Waals surface area contributed by atoms with Crippen molar-refractivity contribution in [1.82, 2.24) is 0 Å². The number of amides is 1. The van der Waals surface area contributed by atoms with Gasteiger partial charge in [0.1, 0.15) is 5.75 Å². The van der Waals surface area contributed by atoms with E-state index in [2.05, 4.69) is 12.2 Å². The second-order valence-electron chi connectivity index (χ2n) is 4.09. The molecular formula is C14H21NO2. The highest BCUT2D eigenvalue weighted by atomic mass is 16.5. The Labute approximate surface area is 103 Å². The van der Waals surface area contributed by atoms with Gasteiger partial charge < -0.3 is 10.1 Å². The number of carbonyl (C=O) groups excluding carboxylic acids is 1. The van der Waals surface area contributed by atoms with E-state index in [9.17, 15) is 4.79 Å². The summed E-state index contributed by atoms with van der Waals surface area (Å²) in [6, 6.07) is 7.52. The Balaban J connectivity index is 2.43. The Bertz CT molecular complexity index is 350. The zero-order chi connectivity index (χ0) is 12.5. The lowest BCUT2D eigenvalue weighted by Crippen LogP contribution is -2.08. The number of carbonyl (C=O) groups is 1. The van der Waals surface area contributed by atoms with Crippen LogP contribution in [0.5, 0.6) is 5.75 Å². The van der Waals surface area contributed by atoms with Gasteiger partial charge in [-0.05, 0) is 18.6 Å². The fourth-order valence-electron chi connectivity index (χ4n) is 1.60. The summed E-state index contributed by atoms with van der Waals surface area (Å²) in [5, 5.41) is 2.76. The molecule has 0 aliphatic carbocycles. The van der Waals surface area contributed by atoms with Crippen molar-refractivity contribution in [1.29, 1.82) is 0 Å². The molecule has 0 radical (unpaired) electrons. The van der Waals surface area contributed by atoms with Gasteiger partial charge in [0.15, 0.2) is 0 Å². The third-order valence-electron chi connectivity index (χ3n) is 2.45. The van der Waals surface area contributed by atoms with Crippen LogP contribution in [0.2, 0.25) is 0 Å². The highest BCUT2D eigenvalue weighted by Crippen LogP contribution is 2.23. The number of para-hydroxylation sites is 2. The van der Waals surface area contributed by atoms with E-state index in [0.717, 1.165) is 17.9 Å². The van der Waals surface area contributed by atoms with E-state index in [0.29, 0.717) is 6.61 Å². The number of hydrogen-bond acceptors (Lipinski definition) is 2. The first kappa shape index (κ1) is 13.6. The quantitative estimate of drug-likeness (QED) is 0.733. The maximum Gasteiger partial charge on any atom is 0.221 e. The number of unbranched alkanes of at least 4 members (excludes halogenated alkanes) is 3. The number of nitrogens with one attached hydrogen (secondary N) is 1. The summed E-state index contributed by atoms with van der Waals surface area (Å²) in [5.74, 6) is 0.672. The molecular weight excluding hydrogens is 214 g/mol. The minimum absolute atomic E-state index is 0.0768. The molecule has 94 valence electrons. The van der Waals surface area contributed by atoms with Crippen LogP contribution < -0.4 is 10.1 Å². The molecule has 0 spiro atoms. The minimum Gasteiger partial charge on any atom is -0.491 e. The van der Waals surface area contributed by atoms with E-state index >= 15 is 0 Å². The van der Waals surface area contributed by atoms with E-state index in [4.69, 9.17) is 4.74 Å². The van der Waals surface area contributed by atoms with Crippen molar-refractivity contribution in [3.05, 3.63) is 24.3 Å². The molecule has 0 saturated heterocycles. The summed E-state index contributed by atoms with van der Waals surface area (Å²) in [5.41, 5.74) is 0.746. The van der Waals surface area contributed by atoms with Gasteiger partial charge in [0, 0.05) is 6.92 Å². The average molecular weight is 235 g/mol. The van der Waals surface area contributed by atoms with Crippen molar-refractivity contribution >= 4 is 11.6 Å². The first-order chi connectivity index (χ1) is 8.24. The Morgan fingerprint density at radius 3 is 2.71 bits per heavy atom. The summed E-state index contributed by atoms with van der Waals surface area (Å²) in [7, 11) is 0. The second-order valence-corrected chi connectivity index (χ2v) is 4.09. The van der Waals surface area contributed by atoms with E-state index in [1.54, 1.807) is 0 Å². The summed E-state index contributed by atoms with van der Waals surface area (Å²) in [6.07, 6.45) is 4.72. The topological polar surface area (TPSA) is 38.3 Å². The largest absolute Gasteiger partial charge is 0.491 e. The normalized spacial score (nSPS) is 10.0. The van der Waals surface area contributed by atoms with Crippen LogP contribution in [0.15, 0.2) is 24.3 Å². The Morgan fingerprint density at radius 2 is 2.00 bits per heavy atom. The standard InChI is InChI=1S/C14H21NO2/c1-3-4-5-8-11-17-14-10-7-6-9-13(14)15-12(2)16/h6-7,9-10H,3-5,8,11H2,1-2H3,(H,15,16). The van der Waals surface area contributed by atoms with Gasteiger partial charge >= 0.3 is 0 Å². The average Bonchev–Trinajstić information content (AvgIpc) is 2.30. The Kier molecular flexibility index (Phi) is 6.15. The second kappa shape index (κ2) is 7.71. The molecule has 1 rings (SSSR count). The molecule has 0 unspecified atom stereocenters. The van der Waals surface area contributed by atoms with E-state index in [1.165, 1.54) is 26.2 Å². The maximum absolute atomic E-state index is 11.0. The summed E-state index contributed by atoms with van der Waals surface area (Å²) < 4.78 is 5.67. The number of benzene rings is 1. The van der Waals surface area contributed by atoms with Crippen molar-refractivity contribution in [2.75, 3.05) is 11.9 Å². The van der Waals surface area contributed by atoms with Crippen molar-refractivity contribution in [2.45, 2.75) is 39.5 Å². The van der Waals surface area contributed by atoms with Gasteiger partial charge in [-0.3, -0.25) is 4.79 Å². The smallest absolute Gasteiger partial charge is 0.221 e. The number of rotatable bonds is 7. The molecule has 1 amide bonds. The van der Waals surface area contributed by atoms with E-state index in [-0.39, 0.29) is 5.91 Å². The van der Waals surface area contributed by atoms with Crippen LogP contribution in [0.3, 0.4) is 0 Å². The van der Waals surface area contributed by atoms with Gasteiger partial charge in [0.25, 0.3) is 0 Å². The first-order valence-electron chi connectivity index (χ1n) is 6.23. The van der Waals surface area contributed by atoms with Gasteiger partial charge in [0.05, 0.1) is 12.3 Å².